The number of rotatable bonds is 1. The molecule has 2 fully saturated rings. The number of piperidine rings is 1. The maximum Gasteiger partial charge on any atom is 0.320 e. The lowest BCUT2D eigenvalue weighted by Crippen LogP contribution is -2.46. The molecule has 1 N–H and O–H groups in total. The number of aromatic amines is 1. The summed E-state index contributed by atoms with van der Waals surface area (Å²) in [4.78, 5) is 29.5. The predicted molar refractivity (Wildman–Crippen MR) is 104 cm³/mol. The number of carbonyl (C=O) groups excluding carboxylic acids is 1. The fourth-order valence-corrected chi connectivity index (χ4v) is 4.63. The van der Waals surface area contributed by atoms with Crippen LogP contribution in [0.4, 0.5) is 4.79 Å². The Hall–Kier alpha value is -2.57. The summed E-state index contributed by atoms with van der Waals surface area (Å²) in [6.07, 6.45) is 8.81. The van der Waals surface area contributed by atoms with Crippen LogP contribution < -0.4 is 0 Å². The molecule has 2 saturated heterocycles. The molecule has 3 aromatic heterocycles. The molecule has 0 unspecified atom stereocenters. The van der Waals surface area contributed by atoms with Gasteiger partial charge in [0.15, 0.2) is 5.65 Å². The SMILES string of the molecule is CC1(C)CCN(C(=O)N2CCC[C@@H](c3ncc4cnc5[nH]ccc5n34)C2)C1. The Morgan fingerprint density at radius 2 is 2.07 bits per heavy atom. The number of imidazole rings is 1. The van der Waals surface area contributed by atoms with Gasteiger partial charge >= 0.3 is 6.03 Å². The molecular weight excluding hydrogens is 340 g/mol. The van der Waals surface area contributed by atoms with Crippen LogP contribution >= 0.6 is 0 Å². The van der Waals surface area contributed by atoms with Crippen LogP contribution in [-0.4, -0.2) is 61.4 Å². The number of H-pyrrole nitrogens is 1. The van der Waals surface area contributed by atoms with E-state index in [0.717, 1.165) is 67.9 Å². The van der Waals surface area contributed by atoms with Crippen LogP contribution in [0.1, 0.15) is 44.9 Å². The number of likely N-dealkylation sites (tertiary alicyclic amines) is 2. The van der Waals surface area contributed by atoms with Crippen molar-refractivity contribution >= 4 is 22.7 Å². The molecule has 2 aliphatic heterocycles. The molecule has 27 heavy (non-hydrogen) atoms. The highest BCUT2D eigenvalue weighted by Gasteiger charge is 2.36. The van der Waals surface area contributed by atoms with Gasteiger partial charge in [-0.2, -0.15) is 0 Å². The largest absolute Gasteiger partial charge is 0.345 e. The van der Waals surface area contributed by atoms with E-state index >= 15 is 0 Å². The third-order valence-electron chi connectivity index (χ3n) is 6.09. The molecule has 0 bridgehead atoms. The fourth-order valence-electron chi connectivity index (χ4n) is 4.63. The monoisotopic (exact) mass is 366 g/mol. The Balaban J connectivity index is 1.42. The summed E-state index contributed by atoms with van der Waals surface area (Å²) in [6.45, 7) is 7.79. The Labute approximate surface area is 158 Å². The van der Waals surface area contributed by atoms with Gasteiger partial charge in [-0.05, 0) is 30.7 Å². The van der Waals surface area contributed by atoms with E-state index in [9.17, 15) is 4.79 Å². The van der Waals surface area contributed by atoms with Crippen LogP contribution in [0.3, 0.4) is 0 Å². The molecule has 0 aliphatic carbocycles. The number of hydrogen-bond acceptors (Lipinski definition) is 3. The van der Waals surface area contributed by atoms with Crippen LogP contribution in [0.15, 0.2) is 24.7 Å². The first-order chi connectivity index (χ1) is 13.0. The average Bonchev–Trinajstić information content (AvgIpc) is 3.37. The van der Waals surface area contributed by atoms with Crippen molar-refractivity contribution in [3.8, 4) is 0 Å². The van der Waals surface area contributed by atoms with Gasteiger partial charge in [0, 0.05) is 38.3 Å². The molecule has 1 atom stereocenters. The number of carbonyl (C=O) groups is 1. The second kappa shape index (κ2) is 5.97. The summed E-state index contributed by atoms with van der Waals surface area (Å²) in [7, 11) is 0. The van der Waals surface area contributed by atoms with E-state index in [1.54, 1.807) is 0 Å². The van der Waals surface area contributed by atoms with Gasteiger partial charge in [0.25, 0.3) is 0 Å². The van der Waals surface area contributed by atoms with Crippen LogP contribution in [0.25, 0.3) is 16.7 Å². The zero-order valence-electron chi connectivity index (χ0n) is 16.0. The van der Waals surface area contributed by atoms with E-state index in [1.807, 2.05) is 34.5 Å². The summed E-state index contributed by atoms with van der Waals surface area (Å²) in [6, 6.07) is 2.23. The molecule has 2 aliphatic rings. The van der Waals surface area contributed by atoms with E-state index in [2.05, 4.69) is 28.2 Å². The second-order valence-electron chi connectivity index (χ2n) is 8.75. The molecule has 3 aromatic rings. The first-order valence-corrected chi connectivity index (χ1v) is 9.85. The normalized spacial score (nSPS) is 22.8. The van der Waals surface area contributed by atoms with Gasteiger partial charge in [-0.1, -0.05) is 13.8 Å². The zero-order chi connectivity index (χ0) is 18.6. The van der Waals surface area contributed by atoms with Crippen LogP contribution in [-0.2, 0) is 0 Å². The highest BCUT2D eigenvalue weighted by molar-refractivity contribution is 5.76. The lowest BCUT2D eigenvalue weighted by molar-refractivity contribution is 0.142. The van der Waals surface area contributed by atoms with Crippen molar-refractivity contribution in [2.75, 3.05) is 26.2 Å². The highest BCUT2D eigenvalue weighted by Crippen LogP contribution is 2.32. The average molecular weight is 366 g/mol. The van der Waals surface area contributed by atoms with Crippen molar-refractivity contribution < 1.29 is 4.79 Å². The number of hydrogen-bond donors (Lipinski definition) is 1. The van der Waals surface area contributed by atoms with Gasteiger partial charge in [-0.25, -0.2) is 14.8 Å². The number of fused-ring (bicyclic) bond motifs is 3. The topological polar surface area (TPSA) is 69.5 Å². The van der Waals surface area contributed by atoms with Gasteiger partial charge in [0.05, 0.1) is 23.4 Å². The van der Waals surface area contributed by atoms with Gasteiger partial charge in [0.2, 0.25) is 0 Å². The van der Waals surface area contributed by atoms with Crippen molar-refractivity contribution in [1.29, 1.82) is 0 Å². The van der Waals surface area contributed by atoms with Gasteiger partial charge < -0.3 is 14.8 Å². The third-order valence-corrected chi connectivity index (χ3v) is 6.09. The third kappa shape index (κ3) is 2.76. The summed E-state index contributed by atoms with van der Waals surface area (Å²) >= 11 is 0. The molecule has 7 heteroatoms. The fraction of sp³-hybridized carbons (Fsp3) is 0.550. The van der Waals surface area contributed by atoms with E-state index in [4.69, 9.17) is 4.98 Å². The lowest BCUT2D eigenvalue weighted by Gasteiger charge is -2.35. The van der Waals surface area contributed by atoms with Crippen molar-refractivity contribution in [2.45, 2.75) is 39.0 Å². The quantitative estimate of drug-likeness (QED) is 0.719. The Morgan fingerprint density at radius 3 is 2.89 bits per heavy atom. The highest BCUT2D eigenvalue weighted by atomic mass is 16.2. The van der Waals surface area contributed by atoms with E-state index < -0.39 is 0 Å². The molecule has 7 nitrogen and oxygen atoms in total. The minimum Gasteiger partial charge on any atom is -0.345 e. The molecule has 5 rings (SSSR count). The summed E-state index contributed by atoms with van der Waals surface area (Å²) in [5, 5.41) is 0. The van der Waals surface area contributed by atoms with Crippen molar-refractivity contribution in [1.82, 2.24) is 29.2 Å². The van der Waals surface area contributed by atoms with E-state index in [0.29, 0.717) is 0 Å². The maximum absolute atomic E-state index is 13.0. The number of aromatic nitrogens is 4. The summed E-state index contributed by atoms with van der Waals surface area (Å²) in [5.74, 6) is 1.29. The smallest absolute Gasteiger partial charge is 0.320 e. The zero-order valence-corrected chi connectivity index (χ0v) is 16.0. The Kier molecular flexibility index (Phi) is 3.67. The van der Waals surface area contributed by atoms with Gasteiger partial charge in [0.1, 0.15) is 5.82 Å². The van der Waals surface area contributed by atoms with E-state index in [-0.39, 0.29) is 17.4 Å². The predicted octanol–water partition coefficient (Wildman–Crippen LogP) is 3.24. The molecule has 142 valence electrons. The van der Waals surface area contributed by atoms with Crippen molar-refractivity contribution in [2.24, 2.45) is 5.41 Å². The van der Waals surface area contributed by atoms with Gasteiger partial charge in [-0.15, -0.1) is 0 Å². The van der Waals surface area contributed by atoms with Gasteiger partial charge in [-0.3, -0.25) is 4.40 Å². The first-order valence-electron chi connectivity index (χ1n) is 9.85. The van der Waals surface area contributed by atoms with E-state index in [1.165, 1.54) is 0 Å². The van der Waals surface area contributed by atoms with Crippen LogP contribution in [0.5, 0.6) is 0 Å². The minimum atomic E-state index is 0.194. The molecule has 2 amide bonds. The van der Waals surface area contributed by atoms with Crippen molar-refractivity contribution in [3.63, 3.8) is 0 Å². The Morgan fingerprint density at radius 1 is 1.22 bits per heavy atom. The van der Waals surface area contributed by atoms with Crippen molar-refractivity contribution in [3.05, 3.63) is 30.5 Å². The minimum absolute atomic E-state index is 0.194. The first kappa shape index (κ1) is 16.6. The maximum atomic E-state index is 13.0. The van der Waals surface area contributed by atoms with Crippen LogP contribution in [0, 0.1) is 5.41 Å². The standard InChI is InChI=1S/C20H26N6O/c1-20(2)6-9-25(13-20)19(27)24-8-3-4-14(12-24)18-23-11-15-10-22-17-16(26(15)18)5-7-21-17/h5,7,10-11,14,21H,3-4,6,8-9,12-13H2,1-2H3/t14-/m1/s1. The second-order valence-corrected chi connectivity index (χ2v) is 8.75. The van der Waals surface area contributed by atoms with Crippen LogP contribution in [0.2, 0.25) is 0 Å². The summed E-state index contributed by atoms with van der Waals surface area (Å²) in [5.41, 5.74) is 3.15. The summed E-state index contributed by atoms with van der Waals surface area (Å²) < 4.78 is 2.19. The Bertz CT molecular complexity index is 1000. The molecule has 0 radical (unpaired) electrons. The molecule has 0 aromatic carbocycles. The number of nitrogens with one attached hydrogen (secondary N) is 1. The number of amides is 2. The molecular formula is C20H26N6O. The number of urea groups is 1. The molecule has 0 saturated carbocycles. The molecule has 5 heterocycles. The molecule has 0 spiro atoms. The lowest BCUT2D eigenvalue weighted by atomic mass is 9.93. The number of nitrogens with zero attached hydrogens (tertiary/aromatic N) is 5.